The van der Waals surface area contributed by atoms with Gasteiger partial charge >= 0.3 is 6.18 Å². The van der Waals surface area contributed by atoms with Crippen molar-refractivity contribution in [2.75, 3.05) is 0 Å². The Morgan fingerprint density at radius 2 is 1.86 bits per heavy atom. The number of halogens is 3. The van der Waals surface area contributed by atoms with Gasteiger partial charge < -0.3 is 0 Å². The Labute approximate surface area is 81.6 Å². The molecule has 0 N–H and O–H groups in total. The highest BCUT2D eigenvalue weighted by molar-refractivity contribution is 7.71. The van der Waals surface area contributed by atoms with Crippen LogP contribution in [0.1, 0.15) is 5.69 Å². The van der Waals surface area contributed by atoms with Crippen LogP contribution < -0.4 is 5.56 Å². The Balaban J connectivity index is 3.67. The summed E-state index contributed by atoms with van der Waals surface area (Å²) in [4.78, 5) is 11.1. The maximum Gasteiger partial charge on any atom is 0.440 e. The van der Waals surface area contributed by atoms with E-state index in [1.165, 1.54) is 14.1 Å². The zero-order valence-corrected chi connectivity index (χ0v) is 8.11. The van der Waals surface area contributed by atoms with Crippen LogP contribution in [0.3, 0.4) is 0 Å². The summed E-state index contributed by atoms with van der Waals surface area (Å²) >= 11 is 4.66. The lowest BCUT2D eigenvalue weighted by molar-refractivity contribution is -0.143. The predicted octanol–water partition coefficient (Wildman–Crippen LogP) is 0.867. The minimum atomic E-state index is -4.75. The van der Waals surface area contributed by atoms with E-state index in [0.29, 0.717) is 0 Å². The van der Waals surface area contributed by atoms with Gasteiger partial charge in [0.25, 0.3) is 5.56 Å². The highest BCUT2D eigenvalue weighted by Gasteiger charge is 2.37. The van der Waals surface area contributed by atoms with E-state index in [4.69, 9.17) is 0 Å². The predicted molar refractivity (Wildman–Crippen MR) is 44.3 cm³/mol. The van der Waals surface area contributed by atoms with Gasteiger partial charge in [0.15, 0.2) is 4.77 Å². The molecule has 0 aliphatic rings. The fourth-order valence-corrected chi connectivity index (χ4v) is 1.00. The number of rotatable bonds is 0. The van der Waals surface area contributed by atoms with E-state index < -0.39 is 17.4 Å². The van der Waals surface area contributed by atoms with Crippen LogP contribution in [0, 0.1) is 4.77 Å². The molecule has 0 spiro atoms. The molecule has 1 rings (SSSR count). The molecule has 1 heterocycles. The minimum Gasteiger partial charge on any atom is -0.285 e. The Morgan fingerprint density at radius 3 is 2.29 bits per heavy atom. The highest BCUT2D eigenvalue weighted by Crippen LogP contribution is 2.24. The van der Waals surface area contributed by atoms with Crippen molar-refractivity contribution < 1.29 is 13.2 Å². The van der Waals surface area contributed by atoms with Crippen LogP contribution in [0.15, 0.2) is 4.79 Å². The van der Waals surface area contributed by atoms with Gasteiger partial charge in [0.05, 0.1) is 0 Å². The molecule has 0 fully saturated rings. The number of aromatic nitrogens is 3. The van der Waals surface area contributed by atoms with Gasteiger partial charge in [-0.3, -0.25) is 9.36 Å². The molecule has 0 aromatic carbocycles. The zero-order chi connectivity index (χ0) is 11.1. The topological polar surface area (TPSA) is 39.8 Å². The average Bonchev–Trinajstić information content (AvgIpc) is 2.06. The van der Waals surface area contributed by atoms with Gasteiger partial charge in [-0.05, 0) is 12.2 Å². The molecule has 0 atom stereocenters. The standard InChI is InChI=1S/C6H6F3N3OS/c1-11-4(13)3(6(7,8)9)10-12(2)5(11)14/h1-2H3. The molecule has 0 radical (unpaired) electrons. The lowest BCUT2D eigenvalue weighted by Gasteiger charge is -2.08. The molecule has 0 saturated heterocycles. The molecule has 1 aromatic heterocycles. The highest BCUT2D eigenvalue weighted by atomic mass is 32.1. The van der Waals surface area contributed by atoms with Crippen molar-refractivity contribution in [3.05, 3.63) is 20.8 Å². The van der Waals surface area contributed by atoms with E-state index in [1.54, 1.807) is 0 Å². The van der Waals surface area contributed by atoms with Crippen molar-refractivity contribution in [2.45, 2.75) is 6.18 Å². The minimum absolute atomic E-state index is 0.0667. The Bertz CT molecular complexity index is 473. The van der Waals surface area contributed by atoms with E-state index >= 15 is 0 Å². The summed E-state index contributed by atoms with van der Waals surface area (Å²) in [5.41, 5.74) is -2.70. The molecule has 0 amide bonds. The second-order valence-electron chi connectivity index (χ2n) is 2.62. The van der Waals surface area contributed by atoms with Crippen molar-refractivity contribution in [1.29, 1.82) is 0 Å². The third kappa shape index (κ3) is 1.69. The van der Waals surface area contributed by atoms with Crippen LogP contribution in [0.4, 0.5) is 13.2 Å². The van der Waals surface area contributed by atoms with Crippen LogP contribution in [0.25, 0.3) is 0 Å². The molecule has 0 aliphatic carbocycles. The van der Waals surface area contributed by atoms with E-state index in [0.717, 1.165) is 9.25 Å². The average molecular weight is 225 g/mol. The van der Waals surface area contributed by atoms with Gasteiger partial charge in [0, 0.05) is 14.1 Å². The number of nitrogens with zero attached hydrogens (tertiary/aromatic N) is 3. The number of aryl methyl sites for hydroxylation is 1. The first-order valence-corrected chi connectivity index (χ1v) is 3.87. The fraction of sp³-hybridized carbons (Fsp3) is 0.500. The Hall–Kier alpha value is -1.18. The molecular weight excluding hydrogens is 219 g/mol. The second kappa shape index (κ2) is 3.19. The summed E-state index contributed by atoms with van der Waals surface area (Å²) in [5.74, 6) is 0. The first-order chi connectivity index (χ1) is 6.25. The fourth-order valence-electron chi connectivity index (χ4n) is 0.876. The van der Waals surface area contributed by atoms with Crippen LogP contribution in [0.2, 0.25) is 0 Å². The van der Waals surface area contributed by atoms with Gasteiger partial charge in [-0.2, -0.15) is 18.3 Å². The zero-order valence-electron chi connectivity index (χ0n) is 7.29. The molecule has 0 aliphatic heterocycles. The molecule has 0 unspecified atom stereocenters. The number of hydrogen-bond acceptors (Lipinski definition) is 3. The van der Waals surface area contributed by atoms with Crippen molar-refractivity contribution in [3.63, 3.8) is 0 Å². The van der Waals surface area contributed by atoms with Crippen LogP contribution in [0.5, 0.6) is 0 Å². The van der Waals surface area contributed by atoms with Gasteiger partial charge in [-0.15, -0.1) is 0 Å². The molecule has 0 saturated carbocycles. The Kier molecular flexibility index (Phi) is 2.49. The summed E-state index contributed by atoms with van der Waals surface area (Å²) < 4.78 is 38.1. The molecule has 78 valence electrons. The maximum atomic E-state index is 12.2. The van der Waals surface area contributed by atoms with Crippen molar-refractivity contribution in [3.8, 4) is 0 Å². The monoisotopic (exact) mass is 225 g/mol. The maximum absolute atomic E-state index is 12.2. The van der Waals surface area contributed by atoms with E-state index in [9.17, 15) is 18.0 Å². The quantitative estimate of drug-likeness (QED) is 0.615. The van der Waals surface area contributed by atoms with Crippen LogP contribution in [-0.2, 0) is 20.3 Å². The van der Waals surface area contributed by atoms with E-state index in [2.05, 4.69) is 17.3 Å². The summed E-state index contributed by atoms with van der Waals surface area (Å²) in [5, 5.41) is 3.06. The summed E-state index contributed by atoms with van der Waals surface area (Å²) in [6, 6.07) is 0. The third-order valence-electron chi connectivity index (χ3n) is 1.59. The van der Waals surface area contributed by atoms with Crippen molar-refractivity contribution >= 4 is 12.2 Å². The summed E-state index contributed by atoms with van der Waals surface area (Å²) in [6.45, 7) is 0. The largest absolute Gasteiger partial charge is 0.440 e. The van der Waals surface area contributed by atoms with Crippen LogP contribution >= 0.6 is 12.2 Å². The van der Waals surface area contributed by atoms with Crippen molar-refractivity contribution in [2.24, 2.45) is 14.1 Å². The number of hydrogen-bond donors (Lipinski definition) is 0. The SMILES string of the molecule is Cn1nc(C(F)(F)F)c(=O)n(C)c1=S. The number of alkyl halides is 3. The van der Waals surface area contributed by atoms with Gasteiger partial charge in [-0.25, -0.2) is 4.68 Å². The molecule has 14 heavy (non-hydrogen) atoms. The van der Waals surface area contributed by atoms with Gasteiger partial charge in [-0.1, -0.05) is 0 Å². The smallest absolute Gasteiger partial charge is 0.285 e. The molecular formula is C6H6F3N3OS. The second-order valence-corrected chi connectivity index (χ2v) is 2.98. The first-order valence-electron chi connectivity index (χ1n) is 3.46. The third-order valence-corrected chi connectivity index (χ3v) is 2.13. The molecule has 8 heteroatoms. The summed E-state index contributed by atoms with van der Waals surface area (Å²) in [7, 11) is 2.42. The molecule has 0 bridgehead atoms. The van der Waals surface area contributed by atoms with Gasteiger partial charge in [0.2, 0.25) is 5.69 Å². The molecule has 1 aromatic rings. The first kappa shape index (κ1) is 10.9. The normalized spacial score (nSPS) is 11.8. The van der Waals surface area contributed by atoms with Gasteiger partial charge in [0.1, 0.15) is 0 Å². The Morgan fingerprint density at radius 1 is 1.36 bits per heavy atom. The van der Waals surface area contributed by atoms with E-state index in [-0.39, 0.29) is 4.77 Å². The lowest BCUT2D eigenvalue weighted by atomic mass is 10.4. The van der Waals surface area contributed by atoms with Crippen molar-refractivity contribution in [1.82, 2.24) is 14.3 Å². The van der Waals surface area contributed by atoms with Crippen LogP contribution in [-0.4, -0.2) is 14.3 Å². The van der Waals surface area contributed by atoms with E-state index in [1.807, 2.05) is 0 Å². The lowest BCUT2D eigenvalue weighted by Crippen LogP contribution is -2.32. The summed E-state index contributed by atoms with van der Waals surface area (Å²) in [6.07, 6.45) is -4.75. The molecule has 4 nitrogen and oxygen atoms in total.